The van der Waals surface area contributed by atoms with Crippen molar-refractivity contribution in [3.63, 3.8) is 0 Å². The van der Waals surface area contributed by atoms with Crippen molar-refractivity contribution in [2.24, 2.45) is 0 Å². The number of nitrogens with zero attached hydrogens (tertiary/aromatic N) is 1. The van der Waals surface area contributed by atoms with Crippen LogP contribution in [0.2, 0.25) is 0 Å². The number of amides is 2. The van der Waals surface area contributed by atoms with Crippen LogP contribution in [0, 0.1) is 0 Å². The van der Waals surface area contributed by atoms with E-state index in [-0.39, 0.29) is 18.2 Å². The van der Waals surface area contributed by atoms with Gasteiger partial charge in [0.2, 0.25) is 11.8 Å². The summed E-state index contributed by atoms with van der Waals surface area (Å²) in [5, 5.41) is 2.92. The number of hydrogen-bond acceptors (Lipinski definition) is 4. The minimum atomic E-state index is -0.427. The van der Waals surface area contributed by atoms with Crippen molar-refractivity contribution in [2.45, 2.75) is 19.4 Å². The molecule has 3 aromatic rings. The number of fused-ring (bicyclic) bond motifs is 1. The van der Waals surface area contributed by atoms with Crippen molar-refractivity contribution in [1.29, 1.82) is 0 Å². The SMILES string of the molecule is CC(=O)NC(CC(=O)N(CC=Cc1ccccc1)c1ccc2c(c1)OCCO2)c1ccccc1. The van der Waals surface area contributed by atoms with Gasteiger partial charge in [-0.1, -0.05) is 72.8 Å². The van der Waals surface area contributed by atoms with Gasteiger partial charge in [0.05, 0.1) is 12.5 Å². The molecule has 0 aliphatic carbocycles. The maximum Gasteiger partial charge on any atom is 0.229 e. The van der Waals surface area contributed by atoms with Gasteiger partial charge in [0.15, 0.2) is 11.5 Å². The molecule has 6 heteroatoms. The molecule has 4 rings (SSSR count). The normalized spacial score (nSPS) is 13.3. The number of benzene rings is 3. The van der Waals surface area contributed by atoms with Gasteiger partial charge < -0.3 is 19.7 Å². The molecule has 0 aromatic heterocycles. The van der Waals surface area contributed by atoms with E-state index in [0.717, 1.165) is 11.1 Å². The molecule has 1 unspecified atom stereocenters. The highest BCUT2D eigenvalue weighted by Crippen LogP contribution is 2.34. The zero-order valence-electron chi connectivity index (χ0n) is 19.1. The second kappa shape index (κ2) is 11.2. The lowest BCUT2D eigenvalue weighted by Gasteiger charge is -2.27. The van der Waals surface area contributed by atoms with Crippen LogP contribution in [0.4, 0.5) is 5.69 Å². The number of rotatable bonds is 8. The van der Waals surface area contributed by atoms with Crippen LogP contribution in [0.3, 0.4) is 0 Å². The lowest BCUT2D eigenvalue weighted by molar-refractivity contribution is -0.121. The Kier molecular flexibility index (Phi) is 7.60. The Hall–Kier alpha value is -4.06. The molecule has 1 aliphatic rings. The van der Waals surface area contributed by atoms with Crippen molar-refractivity contribution < 1.29 is 19.1 Å². The van der Waals surface area contributed by atoms with Gasteiger partial charge >= 0.3 is 0 Å². The zero-order chi connectivity index (χ0) is 23.8. The second-order valence-corrected chi connectivity index (χ2v) is 8.01. The first kappa shape index (κ1) is 23.1. The van der Waals surface area contributed by atoms with Gasteiger partial charge in [-0.25, -0.2) is 0 Å². The molecular weight excluding hydrogens is 428 g/mol. The number of nitrogens with one attached hydrogen (secondary N) is 1. The summed E-state index contributed by atoms with van der Waals surface area (Å²) in [4.78, 5) is 27.2. The first-order chi connectivity index (χ1) is 16.6. The number of ether oxygens (including phenoxy) is 2. The molecular formula is C28H28N2O4. The molecule has 6 nitrogen and oxygen atoms in total. The summed E-state index contributed by atoms with van der Waals surface area (Å²) in [5.41, 5.74) is 2.65. The third-order valence-corrected chi connectivity index (χ3v) is 5.49. The summed E-state index contributed by atoms with van der Waals surface area (Å²) in [7, 11) is 0. The highest BCUT2D eigenvalue weighted by molar-refractivity contribution is 5.95. The monoisotopic (exact) mass is 456 g/mol. The highest BCUT2D eigenvalue weighted by atomic mass is 16.6. The summed E-state index contributed by atoms with van der Waals surface area (Å²) < 4.78 is 11.4. The minimum Gasteiger partial charge on any atom is -0.486 e. The molecule has 1 N–H and O–H groups in total. The van der Waals surface area contributed by atoms with E-state index < -0.39 is 6.04 Å². The van der Waals surface area contributed by atoms with Gasteiger partial charge in [0.25, 0.3) is 0 Å². The summed E-state index contributed by atoms with van der Waals surface area (Å²) in [6.07, 6.45) is 4.07. The fraction of sp³-hybridized carbons (Fsp3) is 0.214. The molecule has 0 saturated carbocycles. The van der Waals surface area contributed by atoms with E-state index in [2.05, 4.69) is 5.32 Å². The average molecular weight is 457 g/mol. The standard InChI is InChI=1S/C28H28N2O4/c1-21(31)29-25(23-12-6-3-7-13-23)20-28(32)30(16-8-11-22-9-4-2-5-10-22)24-14-15-26-27(19-24)34-18-17-33-26/h2-15,19,25H,16-18,20H2,1H3,(H,29,31). The van der Waals surface area contributed by atoms with Crippen LogP contribution in [-0.4, -0.2) is 31.6 Å². The number of anilines is 1. The van der Waals surface area contributed by atoms with E-state index in [1.165, 1.54) is 6.92 Å². The van der Waals surface area contributed by atoms with Gasteiger partial charge in [-0.2, -0.15) is 0 Å². The van der Waals surface area contributed by atoms with Crippen LogP contribution in [0.1, 0.15) is 30.5 Å². The van der Waals surface area contributed by atoms with Crippen molar-refractivity contribution >= 4 is 23.6 Å². The third kappa shape index (κ3) is 6.04. The van der Waals surface area contributed by atoms with Crippen molar-refractivity contribution in [1.82, 2.24) is 5.32 Å². The van der Waals surface area contributed by atoms with E-state index >= 15 is 0 Å². The lowest BCUT2D eigenvalue weighted by atomic mass is 10.0. The molecule has 174 valence electrons. The van der Waals surface area contributed by atoms with Crippen LogP contribution in [0.15, 0.2) is 84.9 Å². The average Bonchev–Trinajstić information content (AvgIpc) is 2.87. The van der Waals surface area contributed by atoms with Crippen LogP contribution in [-0.2, 0) is 9.59 Å². The number of carbonyl (C=O) groups excluding carboxylic acids is 2. The van der Waals surface area contributed by atoms with E-state index in [9.17, 15) is 9.59 Å². The van der Waals surface area contributed by atoms with Crippen LogP contribution >= 0.6 is 0 Å². The van der Waals surface area contributed by atoms with E-state index in [1.807, 2.05) is 91.0 Å². The fourth-order valence-corrected chi connectivity index (χ4v) is 3.88. The smallest absolute Gasteiger partial charge is 0.229 e. The van der Waals surface area contributed by atoms with Gasteiger partial charge in [-0.05, 0) is 23.3 Å². The maximum absolute atomic E-state index is 13.6. The zero-order valence-corrected chi connectivity index (χ0v) is 19.1. The van der Waals surface area contributed by atoms with Crippen LogP contribution in [0.5, 0.6) is 11.5 Å². The van der Waals surface area contributed by atoms with Gasteiger partial charge in [0, 0.05) is 25.2 Å². The Bertz CT molecular complexity index is 1150. The first-order valence-corrected chi connectivity index (χ1v) is 11.3. The molecule has 34 heavy (non-hydrogen) atoms. The second-order valence-electron chi connectivity index (χ2n) is 8.01. The van der Waals surface area contributed by atoms with Crippen molar-refractivity contribution in [3.05, 3.63) is 96.1 Å². The number of carbonyl (C=O) groups is 2. The van der Waals surface area contributed by atoms with Crippen molar-refractivity contribution in [3.8, 4) is 11.5 Å². The number of hydrogen-bond donors (Lipinski definition) is 1. The molecule has 0 fully saturated rings. The maximum atomic E-state index is 13.6. The summed E-state index contributed by atoms with van der Waals surface area (Å²) in [5.74, 6) is 0.992. The quantitative estimate of drug-likeness (QED) is 0.530. The molecule has 1 aliphatic heterocycles. The van der Waals surface area contributed by atoms with E-state index in [0.29, 0.717) is 36.9 Å². The summed E-state index contributed by atoms with van der Waals surface area (Å²) in [6.45, 7) is 2.80. The Morgan fingerprint density at radius 1 is 0.941 bits per heavy atom. The van der Waals surface area contributed by atoms with E-state index in [1.54, 1.807) is 4.90 Å². The topological polar surface area (TPSA) is 67.9 Å². The fourth-order valence-electron chi connectivity index (χ4n) is 3.88. The first-order valence-electron chi connectivity index (χ1n) is 11.3. The predicted octanol–water partition coefficient (Wildman–Crippen LogP) is 4.77. The van der Waals surface area contributed by atoms with Crippen LogP contribution in [0.25, 0.3) is 6.08 Å². The highest BCUT2D eigenvalue weighted by Gasteiger charge is 2.23. The largest absolute Gasteiger partial charge is 0.486 e. The Morgan fingerprint density at radius 2 is 1.62 bits per heavy atom. The molecule has 1 atom stereocenters. The molecule has 0 spiro atoms. The summed E-state index contributed by atoms with van der Waals surface area (Å²) in [6, 6.07) is 24.6. The Labute approximate surface area is 199 Å². The molecule has 0 bridgehead atoms. The predicted molar refractivity (Wildman–Crippen MR) is 133 cm³/mol. The molecule has 0 saturated heterocycles. The van der Waals surface area contributed by atoms with Crippen LogP contribution < -0.4 is 19.7 Å². The Morgan fingerprint density at radius 3 is 2.32 bits per heavy atom. The minimum absolute atomic E-state index is 0.114. The summed E-state index contributed by atoms with van der Waals surface area (Å²) >= 11 is 0. The molecule has 0 radical (unpaired) electrons. The van der Waals surface area contributed by atoms with Gasteiger partial charge in [0.1, 0.15) is 13.2 Å². The van der Waals surface area contributed by atoms with E-state index in [4.69, 9.17) is 9.47 Å². The third-order valence-electron chi connectivity index (χ3n) is 5.49. The van der Waals surface area contributed by atoms with Gasteiger partial charge in [-0.3, -0.25) is 9.59 Å². The molecule has 2 amide bonds. The Balaban J connectivity index is 1.60. The van der Waals surface area contributed by atoms with Crippen molar-refractivity contribution in [2.75, 3.05) is 24.7 Å². The molecule has 3 aromatic carbocycles. The molecule has 1 heterocycles. The lowest BCUT2D eigenvalue weighted by Crippen LogP contribution is -2.36. The van der Waals surface area contributed by atoms with Gasteiger partial charge in [-0.15, -0.1) is 0 Å².